The first kappa shape index (κ1) is 20.9. The average Bonchev–Trinajstić information content (AvgIpc) is 3.21. The Labute approximate surface area is 165 Å². The van der Waals surface area contributed by atoms with E-state index in [0.717, 1.165) is 31.5 Å². The van der Waals surface area contributed by atoms with Crippen LogP contribution in [0.2, 0.25) is 0 Å². The Hall–Kier alpha value is -2.41. The lowest BCUT2D eigenvalue weighted by Gasteiger charge is -2.27. The monoisotopic (exact) mass is 390 g/mol. The molecule has 1 aromatic carbocycles. The van der Waals surface area contributed by atoms with E-state index in [1.165, 1.54) is 0 Å². The number of ether oxygens (including phenoxy) is 2. The molecule has 146 valence electrons. The van der Waals surface area contributed by atoms with Crippen molar-refractivity contribution in [3.05, 3.63) is 48.0 Å². The van der Waals surface area contributed by atoms with E-state index in [2.05, 4.69) is 16.8 Å². The highest BCUT2D eigenvalue weighted by Gasteiger charge is 2.27. The van der Waals surface area contributed by atoms with Crippen molar-refractivity contribution in [2.45, 2.75) is 38.8 Å². The second-order valence-corrected chi connectivity index (χ2v) is 6.74. The highest BCUT2D eigenvalue weighted by molar-refractivity contribution is 7.80. The van der Waals surface area contributed by atoms with Gasteiger partial charge in [0.1, 0.15) is 11.6 Å². The number of benzene rings is 1. The largest absolute Gasteiger partial charge is 0.463 e. The van der Waals surface area contributed by atoms with Gasteiger partial charge in [0.05, 0.1) is 12.6 Å². The van der Waals surface area contributed by atoms with Crippen LogP contribution < -0.4 is 5.32 Å². The van der Waals surface area contributed by atoms with E-state index in [-0.39, 0.29) is 25.2 Å². The van der Waals surface area contributed by atoms with E-state index in [4.69, 9.17) is 21.7 Å². The Balaban J connectivity index is 1.97. The van der Waals surface area contributed by atoms with Crippen molar-refractivity contribution in [3.63, 3.8) is 0 Å². The number of nitrogens with zero attached hydrogens (tertiary/aromatic N) is 1. The minimum absolute atomic E-state index is 0.161. The van der Waals surface area contributed by atoms with Gasteiger partial charge in [0, 0.05) is 25.1 Å². The van der Waals surface area contributed by atoms with E-state index >= 15 is 0 Å². The number of likely N-dealkylation sites (tertiary alicyclic amines) is 1. The fraction of sp³-hybridized carbons (Fsp3) is 0.450. The van der Waals surface area contributed by atoms with Gasteiger partial charge in [0.2, 0.25) is 0 Å². The summed E-state index contributed by atoms with van der Waals surface area (Å²) < 4.78 is 10.3. The van der Waals surface area contributed by atoms with Crippen molar-refractivity contribution in [1.82, 2.24) is 10.2 Å². The molecule has 1 atom stereocenters. The fourth-order valence-corrected chi connectivity index (χ4v) is 3.15. The van der Waals surface area contributed by atoms with Crippen LogP contribution in [0.5, 0.6) is 0 Å². The van der Waals surface area contributed by atoms with Crippen molar-refractivity contribution >= 4 is 29.3 Å². The lowest BCUT2D eigenvalue weighted by Crippen LogP contribution is -2.47. The Morgan fingerprint density at radius 1 is 1.22 bits per heavy atom. The zero-order valence-corrected chi connectivity index (χ0v) is 16.4. The molecule has 1 amide bonds. The first-order valence-corrected chi connectivity index (χ1v) is 9.53. The zero-order valence-electron chi connectivity index (χ0n) is 15.6. The van der Waals surface area contributed by atoms with Crippen molar-refractivity contribution < 1.29 is 19.1 Å². The van der Waals surface area contributed by atoms with Gasteiger partial charge in [-0.15, -0.1) is 0 Å². The molecule has 27 heavy (non-hydrogen) atoms. The maximum Gasteiger partial charge on any atom is 0.408 e. The standard InChI is InChI=1S/C20H26N2O4S/c1-3-25-19(23)15(2)13-17(18(27)22-11-7-8-12-22)21-20(24)26-14-16-9-5-4-6-10-16/h4-6,9-10,17H,2-3,7-8,11-14H2,1H3,(H,21,24)/t17-/m1/s1. The van der Waals surface area contributed by atoms with Crippen molar-refractivity contribution in [3.8, 4) is 0 Å². The molecule has 0 saturated carbocycles. The van der Waals surface area contributed by atoms with Gasteiger partial charge in [-0.25, -0.2) is 9.59 Å². The summed E-state index contributed by atoms with van der Waals surface area (Å²) in [5.74, 6) is -0.480. The quantitative estimate of drug-likeness (QED) is 0.418. The number of carbonyl (C=O) groups is 2. The van der Waals surface area contributed by atoms with E-state index in [0.29, 0.717) is 4.99 Å². The Morgan fingerprint density at radius 2 is 1.89 bits per heavy atom. The SMILES string of the molecule is C=C(C[C@@H](NC(=O)OCc1ccccc1)C(=S)N1CCCC1)C(=O)OCC. The molecule has 1 aliphatic heterocycles. The molecule has 1 heterocycles. The van der Waals surface area contributed by atoms with Crippen LogP contribution in [0.4, 0.5) is 4.79 Å². The van der Waals surface area contributed by atoms with Gasteiger partial charge in [0.15, 0.2) is 0 Å². The average molecular weight is 391 g/mol. The summed E-state index contributed by atoms with van der Waals surface area (Å²) in [4.78, 5) is 26.8. The Bertz CT molecular complexity index is 672. The lowest BCUT2D eigenvalue weighted by atomic mass is 10.1. The Morgan fingerprint density at radius 3 is 2.52 bits per heavy atom. The van der Waals surface area contributed by atoms with Gasteiger partial charge in [-0.2, -0.15) is 0 Å². The molecular formula is C20H26N2O4S. The number of nitrogens with one attached hydrogen (secondary N) is 1. The molecule has 1 N–H and O–H groups in total. The third kappa shape index (κ3) is 6.67. The molecule has 6 nitrogen and oxygen atoms in total. The topological polar surface area (TPSA) is 67.9 Å². The molecule has 7 heteroatoms. The van der Waals surface area contributed by atoms with E-state index in [9.17, 15) is 9.59 Å². The number of carbonyl (C=O) groups excluding carboxylic acids is 2. The molecule has 0 bridgehead atoms. The van der Waals surface area contributed by atoms with Gasteiger partial charge in [-0.3, -0.25) is 0 Å². The predicted octanol–water partition coefficient (Wildman–Crippen LogP) is 3.21. The molecule has 1 fully saturated rings. The van der Waals surface area contributed by atoms with Gasteiger partial charge in [-0.1, -0.05) is 49.1 Å². The van der Waals surface area contributed by atoms with Crippen LogP contribution >= 0.6 is 12.2 Å². The molecule has 0 spiro atoms. The highest BCUT2D eigenvalue weighted by Crippen LogP contribution is 2.15. The smallest absolute Gasteiger partial charge is 0.408 e. The first-order chi connectivity index (χ1) is 13.0. The van der Waals surface area contributed by atoms with E-state index in [1.807, 2.05) is 30.3 Å². The maximum absolute atomic E-state index is 12.3. The van der Waals surface area contributed by atoms with Crippen LogP contribution in [0, 0.1) is 0 Å². The lowest BCUT2D eigenvalue weighted by molar-refractivity contribution is -0.138. The fourth-order valence-electron chi connectivity index (χ4n) is 2.83. The van der Waals surface area contributed by atoms with Crippen LogP contribution in [0.15, 0.2) is 42.5 Å². The predicted molar refractivity (Wildman–Crippen MR) is 107 cm³/mol. The van der Waals surface area contributed by atoms with Crippen LogP contribution in [-0.2, 0) is 20.9 Å². The molecule has 1 aromatic rings. The normalized spacial score (nSPS) is 14.3. The molecule has 0 aromatic heterocycles. The van der Waals surface area contributed by atoms with Crippen molar-refractivity contribution in [2.75, 3.05) is 19.7 Å². The number of alkyl carbamates (subject to hydrolysis) is 1. The van der Waals surface area contributed by atoms with Gasteiger partial charge in [-0.05, 0) is 25.3 Å². The molecule has 0 unspecified atom stereocenters. The molecule has 1 saturated heterocycles. The van der Waals surface area contributed by atoms with Crippen LogP contribution in [0.1, 0.15) is 31.7 Å². The van der Waals surface area contributed by atoms with Crippen LogP contribution in [-0.4, -0.2) is 47.7 Å². The minimum Gasteiger partial charge on any atom is -0.463 e. The highest BCUT2D eigenvalue weighted by atomic mass is 32.1. The molecule has 0 radical (unpaired) electrons. The molecule has 2 rings (SSSR count). The second-order valence-electron chi connectivity index (χ2n) is 6.32. The summed E-state index contributed by atoms with van der Waals surface area (Å²) in [5.41, 5.74) is 1.16. The Kier molecular flexibility index (Phi) is 8.26. The van der Waals surface area contributed by atoms with Crippen LogP contribution in [0.3, 0.4) is 0 Å². The van der Waals surface area contributed by atoms with Crippen LogP contribution in [0.25, 0.3) is 0 Å². The third-order valence-corrected chi connectivity index (χ3v) is 4.78. The van der Waals surface area contributed by atoms with Gasteiger partial charge < -0.3 is 19.7 Å². The third-order valence-electron chi connectivity index (χ3n) is 4.24. The molecule has 1 aliphatic rings. The van der Waals surface area contributed by atoms with Crippen molar-refractivity contribution in [2.24, 2.45) is 0 Å². The number of hydrogen-bond donors (Lipinski definition) is 1. The summed E-state index contributed by atoms with van der Waals surface area (Å²) in [6, 6.07) is 8.87. The van der Waals surface area contributed by atoms with Crippen molar-refractivity contribution in [1.29, 1.82) is 0 Å². The number of esters is 1. The van der Waals surface area contributed by atoms with E-state index in [1.54, 1.807) is 6.92 Å². The van der Waals surface area contributed by atoms with E-state index < -0.39 is 18.1 Å². The summed E-state index contributed by atoms with van der Waals surface area (Å²) in [6.07, 6.45) is 1.73. The van der Waals surface area contributed by atoms with Gasteiger partial charge >= 0.3 is 12.1 Å². The summed E-state index contributed by atoms with van der Waals surface area (Å²) in [7, 11) is 0. The summed E-state index contributed by atoms with van der Waals surface area (Å²) in [5, 5.41) is 2.78. The zero-order chi connectivity index (χ0) is 19.6. The summed E-state index contributed by atoms with van der Waals surface area (Å²) in [6.45, 7) is 7.64. The number of rotatable bonds is 8. The number of amides is 1. The molecular weight excluding hydrogens is 364 g/mol. The maximum atomic E-state index is 12.3. The second kappa shape index (κ2) is 10.7. The summed E-state index contributed by atoms with van der Waals surface area (Å²) >= 11 is 5.56. The minimum atomic E-state index is -0.581. The van der Waals surface area contributed by atoms with Gasteiger partial charge in [0.25, 0.3) is 0 Å². The molecule has 0 aliphatic carbocycles. The number of hydrogen-bond acceptors (Lipinski definition) is 5. The number of thiocarbonyl (C=S) groups is 1. The first-order valence-electron chi connectivity index (χ1n) is 9.12.